The Hall–Kier alpha value is -3.04. The van der Waals surface area contributed by atoms with Crippen molar-refractivity contribution in [3.05, 3.63) is 77.3 Å². The van der Waals surface area contributed by atoms with Crippen molar-refractivity contribution in [2.24, 2.45) is 4.99 Å². The molecule has 1 amide bonds. The van der Waals surface area contributed by atoms with E-state index in [4.69, 9.17) is 14.6 Å². The number of nitrogens with one attached hydrogen (secondary N) is 1. The molecule has 7 nitrogen and oxygen atoms in total. The normalized spacial score (nSPS) is 15.1. The number of hydrogen-bond donors (Lipinski definition) is 2. The summed E-state index contributed by atoms with van der Waals surface area (Å²) < 4.78 is 5.27. The molecule has 0 spiro atoms. The first kappa shape index (κ1) is 25.6. The van der Waals surface area contributed by atoms with Gasteiger partial charge in [-0.25, -0.2) is 4.99 Å². The Balaban J connectivity index is 0.000000603. The van der Waals surface area contributed by atoms with Gasteiger partial charge >= 0.3 is 29.6 Å². The molecular formula is C25H20N3NaO4S. The minimum Gasteiger partial charge on any atom is -0.664 e. The van der Waals surface area contributed by atoms with E-state index in [1.54, 1.807) is 13.3 Å². The van der Waals surface area contributed by atoms with Crippen molar-refractivity contribution in [2.45, 2.75) is 6.92 Å². The van der Waals surface area contributed by atoms with Gasteiger partial charge in [-0.1, -0.05) is 30.3 Å². The molecule has 2 N–H and O–H groups in total. The van der Waals surface area contributed by atoms with Gasteiger partial charge in [-0.05, 0) is 69.9 Å². The summed E-state index contributed by atoms with van der Waals surface area (Å²) in [6.45, 7) is 1.08. The summed E-state index contributed by atoms with van der Waals surface area (Å²) in [6.07, 6.45) is 3.66. The number of carboxylic acid groups (broad SMARTS) is 1. The molecule has 0 saturated carbocycles. The van der Waals surface area contributed by atoms with E-state index >= 15 is 0 Å². The molecule has 1 aromatic heterocycles. The summed E-state index contributed by atoms with van der Waals surface area (Å²) in [5.74, 6) is -0.148. The number of aliphatic carboxylic acids is 1. The topological polar surface area (TPSA) is 102 Å². The Kier molecular flexibility index (Phi) is 8.57. The molecule has 4 aromatic rings. The van der Waals surface area contributed by atoms with Gasteiger partial charge in [0.25, 0.3) is 11.9 Å². The molecule has 1 fully saturated rings. The number of carbonyl (C=O) groups is 2. The number of carbonyl (C=O) groups excluding carboxylic acids is 1. The zero-order valence-corrected chi connectivity index (χ0v) is 21.7. The summed E-state index contributed by atoms with van der Waals surface area (Å²) in [5.41, 5.74) is 2.69. The third kappa shape index (κ3) is 6.30. The van der Waals surface area contributed by atoms with E-state index < -0.39 is 5.97 Å². The minimum absolute atomic E-state index is 0. The maximum Gasteiger partial charge on any atom is 1.00 e. The molecule has 9 heteroatoms. The molecule has 5 rings (SSSR count). The zero-order chi connectivity index (χ0) is 23.4. The second-order valence-corrected chi connectivity index (χ2v) is 8.19. The fourth-order valence-electron chi connectivity index (χ4n) is 3.27. The van der Waals surface area contributed by atoms with Crippen LogP contribution in [0.4, 0.5) is 5.69 Å². The number of methoxy groups -OCH3 is 1. The monoisotopic (exact) mass is 481 g/mol. The van der Waals surface area contributed by atoms with Crippen LogP contribution in [0, 0.1) is 0 Å². The standard InChI is InChI=1S/C23H16N3O2S.C2H4O2.Na/c1-28-19-6-4-15-10-14(2-3-16(15)13-19)11-21-22(27)26-23(29-21)25-18-5-7-20-17(12-18)8-9-24-20;1-2(3)4;/h2-13H,1H3,(H,25,26,27);1H3,(H,3,4);/q-1;;+1. The Morgan fingerprint density at radius 3 is 2.56 bits per heavy atom. The number of amidine groups is 1. The number of carboxylic acids is 1. The van der Waals surface area contributed by atoms with Gasteiger partial charge in [-0.15, -0.1) is 5.52 Å². The van der Waals surface area contributed by atoms with E-state index in [1.165, 1.54) is 11.8 Å². The van der Waals surface area contributed by atoms with Crippen molar-refractivity contribution >= 4 is 62.2 Å². The van der Waals surface area contributed by atoms with E-state index in [-0.39, 0.29) is 35.5 Å². The van der Waals surface area contributed by atoms with Gasteiger partial charge in [0.15, 0.2) is 5.17 Å². The summed E-state index contributed by atoms with van der Waals surface area (Å²) >= 11 is 1.34. The number of rotatable bonds is 3. The average Bonchev–Trinajstić information content (AvgIpc) is 3.38. The molecule has 0 atom stereocenters. The number of amides is 1. The molecule has 0 aliphatic carbocycles. The molecule has 1 aliphatic heterocycles. The van der Waals surface area contributed by atoms with Crippen molar-refractivity contribution < 1.29 is 49.0 Å². The Morgan fingerprint density at radius 1 is 1.06 bits per heavy atom. The number of benzene rings is 3. The van der Waals surface area contributed by atoms with Gasteiger partial charge in [-0.2, -0.15) is 6.20 Å². The average molecular weight is 482 g/mol. The smallest absolute Gasteiger partial charge is 0.664 e. The minimum atomic E-state index is -0.833. The first-order valence-electron chi connectivity index (χ1n) is 9.99. The van der Waals surface area contributed by atoms with Crippen LogP contribution in [-0.2, 0) is 9.59 Å². The number of ether oxygens (including phenoxy) is 1. The molecule has 1 saturated heterocycles. The van der Waals surface area contributed by atoms with E-state index in [0.717, 1.165) is 45.6 Å². The first-order valence-corrected chi connectivity index (χ1v) is 10.8. The van der Waals surface area contributed by atoms with E-state index in [9.17, 15) is 4.79 Å². The molecule has 166 valence electrons. The van der Waals surface area contributed by atoms with Crippen molar-refractivity contribution in [1.29, 1.82) is 0 Å². The summed E-state index contributed by atoms with van der Waals surface area (Å²) in [4.78, 5) is 30.8. The van der Waals surface area contributed by atoms with Crippen LogP contribution in [0.25, 0.3) is 27.8 Å². The van der Waals surface area contributed by atoms with Crippen molar-refractivity contribution in [3.8, 4) is 5.75 Å². The second-order valence-electron chi connectivity index (χ2n) is 7.16. The fraction of sp³-hybridized carbons (Fsp3) is 0.0800. The van der Waals surface area contributed by atoms with Gasteiger partial charge in [0.05, 0.1) is 17.7 Å². The number of nitrogens with zero attached hydrogens (tertiary/aromatic N) is 2. The van der Waals surface area contributed by atoms with Crippen LogP contribution in [0.3, 0.4) is 0 Å². The summed E-state index contributed by atoms with van der Waals surface area (Å²) in [5, 5.41) is 14.0. The number of aliphatic imine (C=N–C) groups is 1. The predicted molar refractivity (Wildman–Crippen MR) is 132 cm³/mol. The molecule has 34 heavy (non-hydrogen) atoms. The van der Waals surface area contributed by atoms with Crippen molar-refractivity contribution in [3.63, 3.8) is 0 Å². The van der Waals surface area contributed by atoms with E-state index in [0.29, 0.717) is 10.1 Å². The quantitative estimate of drug-likeness (QED) is 0.343. The fourth-order valence-corrected chi connectivity index (χ4v) is 4.11. The molecule has 0 radical (unpaired) electrons. The van der Waals surface area contributed by atoms with Gasteiger partial charge in [-0.3, -0.25) is 9.59 Å². The van der Waals surface area contributed by atoms with Crippen LogP contribution in [0.2, 0.25) is 0 Å². The largest absolute Gasteiger partial charge is 1.00 e. The molecule has 2 heterocycles. The van der Waals surface area contributed by atoms with Gasteiger partial charge < -0.3 is 20.1 Å². The summed E-state index contributed by atoms with van der Waals surface area (Å²) in [7, 11) is 1.66. The molecule has 3 aromatic carbocycles. The van der Waals surface area contributed by atoms with Gasteiger partial charge in [0.2, 0.25) is 0 Å². The van der Waals surface area contributed by atoms with Gasteiger partial charge in [0, 0.05) is 6.92 Å². The maximum atomic E-state index is 12.4. The molecule has 0 bridgehead atoms. The number of thioether (sulfide) groups is 1. The van der Waals surface area contributed by atoms with Crippen molar-refractivity contribution in [2.75, 3.05) is 7.11 Å². The molecule has 0 unspecified atom stereocenters. The van der Waals surface area contributed by atoms with Crippen LogP contribution < -0.4 is 44.6 Å². The van der Waals surface area contributed by atoms with Crippen LogP contribution in [0.1, 0.15) is 12.5 Å². The first-order chi connectivity index (χ1) is 15.9. The number of hydrogen-bond acceptors (Lipinski definition) is 5. The Labute approximate surface area is 222 Å². The third-order valence-corrected chi connectivity index (χ3v) is 5.64. The van der Waals surface area contributed by atoms with Crippen LogP contribution in [0.5, 0.6) is 5.75 Å². The Morgan fingerprint density at radius 2 is 1.79 bits per heavy atom. The van der Waals surface area contributed by atoms with E-state index in [2.05, 4.69) is 21.4 Å². The van der Waals surface area contributed by atoms with Crippen LogP contribution >= 0.6 is 11.8 Å². The Bertz CT molecular complexity index is 1420. The predicted octanol–water partition coefficient (Wildman–Crippen LogP) is 1.95. The number of aromatic nitrogens is 1. The number of fused-ring (bicyclic) bond motifs is 2. The zero-order valence-electron chi connectivity index (χ0n) is 18.9. The van der Waals surface area contributed by atoms with Crippen LogP contribution in [0.15, 0.2) is 76.8 Å². The SMILES string of the molecule is CC(=O)O.COc1ccc2cc(C=C3SC(=Nc4ccc5[n-]ccc5c4)NC3=O)ccc2c1.[Na+]. The second kappa shape index (κ2) is 11.4. The van der Waals surface area contributed by atoms with Gasteiger partial charge in [0.1, 0.15) is 5.75 Å². The maximum absolute atomic E-state index is 12.4. The molecule has 1 aliphatic rings. The molecular weight excluding hydrogens is 461 g/mol. The summed E-state index contributed by atoms with van der Waals surface area (Å²) in [6, 6.07) is 19.7. The third-order valence-electron chi connectivity index (χ3n) is 4.73. The van der Waals surface area contributed by atoms with Crippen LogP contribution in [-0.4, -0.2) is 29.3 Å². The van der Waals surface area contributed by atoms with Crippen molar-refractivity contribution in [1.82, 2.24) is 10.3 Å². The van der Waals surface area contributed by atoms with E-state index in [1.807, 2.05) is 60.7 Å².